The van der Waals surface area contributed by atoms with E-state index in [1.54, 1.807) is 30.0 Å². The number of rotatable bonds is 4. The number of anilines is 1. The molecule has 0 radical (unpaired) electrons. The Kier molecular flexibility index (Phi) is 5.13. The second kappa shape index (κ2) is 6.43. The average Bonchev–Trinajstić information content (AvgIpc) is 2.36. The number of hydrogen-bond acceptors (Lipinski definition) is 2. The lowest BCUT2D eigenvalue weighted by Gasteiger charge is -2.35. The molecule has 0 aliphatic rings. The third kappa shape index (κ3) is 4.08. The van der Waals surface area contributed by atoms with Gasteiger partial charge in [-0.3, -0.25) is 0 Å². The molecule has 0 atom stereocenters. The molecule has 2 amide bonds. The van der Waals surface area contributed by atoms with Crippen LogP contribution in [0.5, 0.6) is 0 Å². The molecule has 0 aliphatic heterocycles. The first kappa shape index (κ1) is 16.8. The first-order valence-corrected chi connectivity index (χ1v) is 6.71. The van der Waals surface area contributed by atoms with Crippen molar-refractivity contribution in [3.05, 3.63) is 42.0 Å². The van der Waals surface area contributed by atoms with Gasteiger partial charge in [0.05, 0.1) is 5.56 Å². The molecule has 0 fully saturated rings. The third-order valence-corrected chi connectivity index (χ3v) is 3.17. The molecule has 1 aromatic rings. The monoisotopic (exact) mass is 290 g/mol. The van der Waals surface area contributed by atoms with E-state index in [-0.39, 0.29) is 17.1 Å². The van der Waals surface area contributed by atoms with Gasteiger partial charge in [-0.2, -0.15) is 0 Å². The van der Waals surface area contributed by atoms with E-state index in [1.807, 2.05) is 20.8 Å². The summed E-state index contributed by atoms with van der Waals surface area (Å²) in [6.45, 7) is 11.5. The van der Waals surface area contributed by atoms with E-state index in [9.17, 15) is 9.59 Å². The maximum atomic E-state index is 12.4. The maximum absolute atomic E-state index is 12.4. The quantitative estimate of drug-likeness (QED) is 0.834. The zero-order valence-electron chi connectivity index (χ0n) is 12.9. The van der Waals surface area contributed by atoms with E-state index in [1.165, 1.54) is 6.07 Å². The van der Waals surface area contributed by atoms with Gasteiger partial charge in [0.25, 0.3) is 0 Å². The number of benzene rings is 1. The number of carboxylic acid groups (broad SMARTS) is 1. The number of carboxylic acids is 1. The molecule has 0 bridgehead atoms. The van der Waals surface area contributed by atoms with Crippen molar-refractivity contribution in [2.75, 3.05) is 11.9 Å². The summed E-state index contributed by atoms with van der Waals surface area (Å²) in [4.78, 5) is 25.2. The van der Waals surface area contributed by atoms with Gasteiger partial charge in [-0.1, -0.05) is 12.1 Å². The first-order chi connectivity index (χ1) is 9.68. The first-order valence-electron chi connectivity index (χ1n) is 6.71. The highest BCUT2D eigenvalue weighted by Crippen LogP contribution is 2.21. The molecule has 2 N–H and O–H groups in total. The largest absolute Gasteiger partial charge is 0.478 e. The van der Waals surface area contributed by atoms with Crippen LogP contribution in [0.2, 0.25) is 0 Å². The second-order valence-electron chi connectivity index (χ2n) is 5.78. The standard InChI is InChI=1S/C16H22N2O3/c1-6-10-18(16(3,4)5)15(21)17-13-9-7-8-12(11(13)2)14(19)20/h6-9H,1,10H2,2-5H3,(H,17,21)(H,19,20). The number of urea groups is 1. The molecule has 0 aliphatic carbocycles. The predicted octanol–water partition coefficient (Wildman–Crippen LogP) is 3.51. The lowest BCUT2D eigenvalue weighted by molar-refractivity contribution is 0.0696. The lowest BCUT2D eigenvalue weighted by atomic mass is 10.1. The maximum Gasteiger partial charge on any atom is 0.336 e. The molecule has 21 heavy (non-hydrogen) atoms. The van der Waals surface area contributed by atoms with Crippen LogP contribution < -0.4 is 5.32 Å². The Morgan fingerprint density at radius 3 is 2.48 bits per heavy atom. The van der Waals surface area contributed by atoms with Gasteiger partial charge in [-0.05, 0) is 45.4 Å². The van der Waals surface area contributed by atoms with Crippen LogP contribution in [0.15, 0.2) is 30.9 Å². The van der Waals surface area contributed by atoms with Crippen LogP contribution in [0.3, 0.4) is 0 Å². The molecule has 0 unspecified atom stereocenters. The summed E-state index contributed by atoms with van der Waals surface area (Å²) >= 11 is 0. The van der Waals surface area contributed by atoms with Gasteiger partial charge in [0, 0.05) is 17.8 Å². The lowest BCUT2D eigenvalue weighted by Crippen LogP contribution is -2.47. The summed E-state index contributed by atoms with van der Waals surface area (Å²) in [5, 5.41) is 11.9. The van der Waals surface area contributed by atoms with Crippen LogP contribution in [0.25, 0.3) is 0 Å². The van der Waals surface area contributed by atoms with Crippen molar-refractivity contribution in [2.24, 2.45) is 0 Å². The molecule has 0 saturated carbocycles. The molecule has 5 nitrogen and oxygen atoms in total. The van der Waals surface area contributed by atoms with Crippen molar-refractivity contribution >= 4 is 17.7 Å². The van der Waals surface area contributed by atoms with Crippen LogP contribution in [0.4, 0.5) is 10.5 Å². The molecule has 114 valence electrons. The fraction of sp³-hybridized carbons (Fsp3) is 0.375. The topological polar surface area (TPSA) is 69.6 Å². The zero-order valence-corrected chi connectivity index (χ0v) is 12.9. The third-order valence-electron chi connectivity index (χ3n) is 3.17. The van der Waals surface area contributed by atoms with Crippen molar-refractivity contribution in [2.45, 2.75) is 33.2 Å². The zero-order chi connectivity index (χ0) is 16.2. The van der Waals surface area contributed by atoms with E-state index in [0.29, 0.717) is 17.8 Å². The van der Waals surface area contributed by atoms with E-state index >= 15 is 0 Å². The fourth-order valence-corrected chi connectivity index (χ4v) is 1.98. The number of hydrogen-bond donors (Lipinski definition) is 2. The van der Waals surface area contributed by atoms with Crippen LogP contribution in [0, 0.1) is 6.92 Å². The normalized spacial score (nSPS) is 10.9. The fourth-order valence-electron chi connectivity index (χ4n) is 1.98. The van der Waals surface area contributed by atoms with E-state index < -0.39 is 5.97 Å². The minimum atomic E-state index is -1.01. The van der Waals surface area contributed by atoms with E-state index in [0.717, 1.165) is 0 Å². The number of aromatic carboxylic acids is 1. The van der Waals surface area contributed by atoms with E-state index in [2.05, 4.69) is 11.9 Å². The predicted molar refractivity (Wildman–Crippen MR) is 83.8 cm³/mol. The van der Waals surface area contributed by atoms with Gasteiger partial charge in [0.15, 0.2) is 0 Å². The van der Waals surface area contributed by atoms with Crippen molar-refractivity contribution in [3.8, 4) is 0 Å². The Balaban J connectivity index is 3.05. The summed E-state index contributed by atoms with van der Waals surface area (Å²) in [6, 6.07) is 4.53. The number of nitrogens with one attached hydrogen (secondary N) is 1. The highest BCUT2D eigenvalue weighted by molar-refractivity contribution is 5.95. The van der Waals surface area contributed by atoms with E-state index in [4.69, 9.17) is 5.11 Å². The Bertz CT molecular complexity index is 559. The van der Waals surface area contributed by atoms with Gasteiger partial charge >= 0.3 is 12.0 Å². The highest BCUT2D eigenvalue weighted by Gasteiger charge is 2.25. The SMILES string of the molecule is C=CCN(C(=O)Nc1cccc(C(=O)O)c1C)C(C)(C)C. The molecule has 0 heterocycles. The van der Waals surface area contributed by atoms with Gasteiger partial charge < -0.3 is 15.3 Å². The molecule has 1 rings (SSSR count). The van der Waals surface area contributed by atoms with Crippen molar-refractivity contribution in [1.29, 1.82) is 0 Å². The van der Waals surface area contributed by atoms with Crippen LogP contribution in [-0.4, -0.2) is 34.1 Å². The van der Waals surface area contributed by atoms with Gasteiger partial charge in [-0.15, -0.1) is 6.58 Å². The van der Waals surface area contributed by atoms with Crippen molar-refractivity contribution in [1.82, 2.24) is 4.90 Å². The molecule has 1 aromatic carbocycles. The number of carbonyl (C=O) groups is 2. The molecular weight excluding hydrogens is 268 g/mol. The summed E-state index contributed by atoms with van der Waals surface area (Å²) in [5.41, 5.74) is 0.846. The van der Waals surface area contributed by atoms with Crippen LogP contribution in [0.1, 0.15) is 36.7 Å². The summed E-state index contributed by atoms with van der Waals surface area (Å²) < 4.78 is 0. The summed E-state index contributed by atoms with van der Waals surface area (Å²) in [6.07, 6.45) is 1.66. The molecular formula is C16H22N2O3. The number of nitrogens with zero attached hydrogens (tertiary/aromatic N) is 1. The van der Waals surface area contributed by atoms with Crippen molar-refractivity contribution in [3.63, 3.8) is 0 Å². The minimum Gasteiger partial charge on any atom is -0.478 e. The molecule has 0 saturated heterocycles. The Morgan fingerprint density at radius 1 is 1.38 bits per heavy atom. The molecule has 0 aromatic heterocycles. The summed E-state index contributed by atoms with van der Waals surface area (Å²) in [7, 11) is 0. The van der Waals surface area contributed by atoms with Crippen LogP contribution in [-0.2, 0) is 0 Å². The van der Waals surface area contributed by atoms with Gasteiger partial charge in [0.2, 0.25) is 0 Å². The number of amides is 2. The van der Waals surface area contributed by atoms with Gasteiger partial charge in [0.1, 0.15) is 0 Å². The van der Waals surface area contributed by atoms with Crippen LogP contribution >= 0.6 is 0 Å². The Labute approximate surface area is 125 Å². The molecule has 5 heteroatoms. The Morgan fingerprint density at radius 2 is 2.00 bits per heavy atom. The van der Waals surface area contributed by atoms with Crippen molar-refractivity contribution < 1.29 is 14.7 Å². The average molecular weight is 290 g/mol. The molecule has 0 spiro atoms. The minimum absolute atomic E-state index is 0.179. The number of carbonyl (C=O) groups excluding carboxylic acids is 1. The second-order valence-corrected chi connectivity index (χ2v) is 5.78. The highest BCUT2D eigenvalue weighted by atomic mass is 16.4. The Hall–Kier alpha value is -2.30. The summed E-state index contributed by atoms with van der Waals surface area (Å²) in [5.74, 6) is -1.01. The smallest absolute Gasteiger partial charge is 0.336 e. The van der Waals surface area contributed by atoms with Gasteiger partial charge in [-0.25, -0.2) is 9.59 Å².